The SMILES string of the molecule is CCCCCCOC(=O)C1CCN(C(=O)c2ccc(C)cc2)CC1. The number of aryl methyl sites for hydroxylation is 1. The van der Waals surface area contributed by atoms with Crippen molar-refractivity contribution in [1.82, 2.24) is 4.90 Å². The Balaban J connectivity index is 1.73. The van der Waals surface area contributed by atoms with Gasteiger partial charge in [-0.1, -0.05) is 43.9 Å². The zero-order valence-corrected chi connectivity index (χ0v) is 14.9. The van der Waals surface area contributed by atoms with Crippen LogP contribution in [-0.2, 0) is 9.53 Å². The Morgan fingerprint density at radius 3 is 2.38 bits per heavy atom. The van der Waals surface area contributed by atoms with Crippen LogP contribution >= 0.6 is 0 Å². The van der Waals surface area contributed by atoms with Crippen molar-refractivity contribution in [2.75, 3.05) is 19.7 Å². The third-order valence-corrected chi connectivity index (χ3v) is 4.66. The predicted octanol–water partition coefficient (Wildman–Crippen LogP) is 3.97. The Labute approximate surface area is 145 Å². The molecule has 4 nitrogen and oxygen atoms in total. The Kier molecular flexibility index (Phi) is 7.29. The van der Waals surface area contributed by atoms with E-state index < -0.39 is 0 Å². The first-order valence-corrected chi connectivity index (χ1v) is 9.14. The lowest BCUT2D eigenvalue weighted by Gasteiger charge is -2.31. The first-order valence-electron chi connectivity index (χ1n) is 9.14. The van der Waals surface area contributed by atoms with Crippen molar-refractivity contribution in [3.05, 3.63) is 35.4 Å². The second-order valence-corrected chi connectivity index (χ2v) is 6.66. The van der Waals surface area contributed by atoms with Gasteiger partial charge in [-0.3, -0.25) is 9.59 Å². The van der Waals surface area contributed by atoms with E-state index in [1.807, 2.05) is 36.1 Å². The van der Waals surface area contributed by atoms with Gasteiger partial charge < -0.3 is 9.64 Å². The van der Waals surface area contributed by atoms with Crippen LogP contribution in [0.2, 0.25) is 0 Å². The van der Waals surface area contributed by atoms with E-state index in [2.05, 4.69) is 6.92 Å². The van der Waals surface area contributed by atoms with Crippen molar-refractivity contribution in [2.45, 2.75) is 52.4 Å². The summed E-state index contributed by atoms with van der Waals surface area (Å²) < 4.78 is 5.38. The van der Waals surface area contributed by atoms with Crippen LogP contribution in [0.4, 0.5) is 0 Å². The second kappa shape index (κ2) is 9.45. The average molecular weight is 331 g/mol. The minimum Gasteiger partial charge on any atom is -0.465 e. The highest BCUT2D eigenvalue weighted by Crippen LogP contribution is 2.20. The number of esters is 1. The molecule has 1 heterocycles. The fourth-order valence-electron chi connectivity index (χ4n) is 3.02. The maximum Gasteiger partial charge on any atom is 0.309 e. The molecule has 24 heavy (non-hydrogen) atoms. The molecule has 1 aromatic rings. The highest BCUT2D eigenvalue weighted by atomic mass is 16.5. The lowest BCUT2D eigenvalue weighted by Crippen LogP contribution is -2.40. The summed E-state index contributed by atoms with van der Waals surface area (Å²) in [7, 11) is 0. The number of rotatable bonds is 7. The van der Waals surface area contributed by atoms with Gasteiger partial charge in [0.05, 0.1) is 12.5 Å². The molecule has 0 atom stereocenters. The van der Waals surface area contributed by atoms with Crippen molar-refractivity contribution < 1.29 is 14.3 Å². The zero-order valence-electron chi connectivity index (χ0n) is 14.9. The second-order valence-electron chi connectivity index (χ2n) is 6.66. The van der Waals surface area contributed by atoms with Gasteiger partial charge in [0.1, 0.15) is 0 Å². The number of ether oxygens (including phenoxy) is 1. The van der Waals surface area contributed by atoms with E-state index in [4.69, 9.17) is 4.74 Å². The number of hydrogen-bond acceptors (Lipinski definition) is 3. The Morgan fingerprint density at radius 1 is 1.08 bits per heavy atom. The van der Waals surface area contributed by atoms with Gasteiger partial charge in [0.15, 0.2) is 0 Å². The number of carbonyl (C=O) groups excluding carboxylic acids is 2. The lowest BCUT2D eigenvalue weighted by atomic mass is 9.96. The van der Waals surface area contributed by atoms with E-state index >= 15 is 0 Å². The topological polar surface area (TPSA) is 46.6 Å². The lowest BCUT2D eigenvalue weighted by molar-refractivity contribution is -0.150. The summed E-state index contributed by atoms with van der Waals surface area (Å²) in [5, 5.41) is 0. The molecule has 1 amide bonds. The molecule has 0 saturated carbocycles. The van der Waals surface area contributed by atoms with Gasteiger partial charge in [-0.15, -0.1) is 0 Å². The van der Waals surface area contributed by atoms with Gasteiger partial charge in [-0.05, 0) is 38.3 Å². The third-order valence-electron chi connectivity index (χ3n) is 4.66. The molecule has 0 spiro atoms. The summed E-state index contributed by atoms with van der Waals surface area (Å²) in [5.74, 6) is -0.0893. The Hall–Kier alpha value is -1.84. The third kappa shape index (κ3) is 5.36. The van der Waals surface area contributed by atoms with E-state index in [1.165, 1.54) is 12.8 Å². The van der Waals surface area contributed by atoms with E-state index in [0.717, 1.165) is 24.0 Å². The summed E-state index contributed by atoms with van der Waals surface area (Å²) in [5.41, 5.74) is 1.87. The smallest absolute Gasteiger partial charge is 0.309 e. The molecule has 0 unspecified atom stereocenters. The van der Waals surface area contributed by atoms with Crippen LogP contribution in [0.1, 0.15) is 61.4 Å². The molecule has 1 saturated heterocycles. The highest BCUT2D eigenvalue weighted by molar-refractivity contribution is 5.94. The van der Waals surface area contributed by atoms with Crippen LogP contribution in [0, 0.1) is 12.8 Å². The fourth-order valence-corrected chi connectivity index (χ4v) is 3.02. The van der Waals surface area contributed by atoms with E-state index in [1.54, 1.807) is 0 Å². The van der Waals surface area contributed by atoms with Crippen LogP contribution in [0.3, 0.4) is 0 Å². The molecule has 2 rings (SSSR count). The van der Waals surface area contributed by atoms with Crippen molar-refractivity contribution in [3.63, 3.8) is 0 Å². The van der Waals surface area contributed by atoms with Crippen molar-refractivity contribution in [3.8, 4) is 0 Å². The van der Waals surface area contributed by atoms with Crippen LogP contribution in [0.25, 0.3) is 0 Å². The largest absolute Gasteiger partial charge is 0.465 e. The molecular formula is C20H29NO3. The van der Waals surface area contributed by atoms with Crippen molar-refractivity contribution in [1.29, 1.82) is 0 Å². The number of amides is 1. The maximum atomic E-state index is 12.5. The Bertz CT molecular complexity index is 530. The molecule has 0 bridgehead atoms. The van der Waals surface area contributed by atoms with Crippen LogP contribution in [-0.4, -0.2) is 36.5 Å². The number of benzene rings is 1. The number of piperidine rings is 1. The molecule has 0 aliphatic carbocycles. The van der Waals surface area contributed by atoms with Gasteiger partial charge in [0, 0.05) is 18.7 Å². The standard InChI is InChI=1S/C20H29NO3/c1-3-4-5-6-15-24-20(23)18-11-13-21(14-12-18)19(22)17-9-7-16(2)8-10-17/h7-10,18H,3-6,11-15H2,1-2H3. The number of likely N-dealkylation sites (tertiary alicyclic amines) is 1. The first-order chi connectivity index (χ1) is 11.6. The summed E-state index contributed by atoms with van der Waals surface area (Å²) in [6.07, 6.45) is 5.84. The first kappa shape index (κ1) is 18.5. The molecule has 1 aliphatic rings. The fraction of sp³-hybridized carbons (Fsp3) is 0.600. The van der Waals surface area contributed by atoms with E-state index in [-0.39, 0.29) is 17.8 Å². The number of hydrogen-bond donors (Lipinski definition) is 0. The zero-order chi connectivity index (χ0) is 17.4. The molecule has 4 heteroatoms. The quantitative estimate of drug-likeness (QED) is 0.561. The van der Waals surface area contributed by atoms with Crippen LogP contribution < -0.4 is 0 Å². The molecule has 0 radical (unpaired) electrons. The summed E-state index contributed by atoms with van der Waals surface area (Å²) in [6.45, 7) is 5.96. The highest BCUT2D eigenvalue weighted by Gasteiger charge is 2.28. The van der Waals surface area contributed by atoms with Crippen LogP contribution in [0.5, 0.6) is 0 Å². The number of nitrogens with zero attached hydrogens (tertiary/aromatic N) is 1. The Morgan fingerprint density at radius 2 is 1.75 bits per heavy atom. The molecular weight excluding hydrogens is 302 g/mol. The van der Waals surface area contributed by atoms with Gasteiger partial charge in [-0.2, -0.15) is 0 Å². The van der Waals surface area contributed by atoms with E-state index in [9.17, 15) is 9.59 Å². The summed E-state index contributed by atoms with van der Waals surface area (Å²) in [6, 6.07) is 7.65. The van der Waals surface area contributed by atoms with Gasteiger partial charge >= 0.3 is 5.97 Å². The van der Waals surface area contributed by atoms with E-state index in [0.29, 0.717) is 32.5 Å². The minimum absolute atomic E-state index is 0.0568. The molecule has 132 valence electrons. The predicted molar refractivity (Wildman–Crippen MR) is 94.9 cm³/mol. The van der Waals surface area contributed by atoms with Crippen LogP contribution in [0.15, 0.2) is 24.3 Å². The average Bonchev–Trinajstić information content (AvgIpc) is 2.61. The maximum absolute atomic E-state index is 12.5. The normalized spacial score (nSPS) is 15.3. The monoisotopic (exact) mass is 331 g/mol. The molecule has 1 aromatic carbocycles. The van der Waals surface area contributed by atoms with Crippen molar-refractivity contribution in [2.24, 2.45) is 5.92 Å². The molecule has 0 aromatic heterocycles. The van der Waals surface area contributed by atoms with Gasteiger partial charge in [0.25, 0.3) is 5.91 Å². The number of carbonyl (C=O) groups is 2. The van der Waals surface area contributed by atoms with Gasteiger partial charge in [0.2, 0.25) is 0 Å². The molecule has 1 fully saturated rings. The van der Waals surface area contributed by atoms with Gasteiger partial charge in [-0.25, -0.2) is 0 Å². The minimum atomic E-state index is -0.0890. The van der Waals surface area contributed by atoms with Crippen molar-refractivity contribution >= 4 is 11.9 Å². The summed E-state index contributed by atoms with van der Waals surface area (Å²) in [4.78, 5) is 26.4. The molecule has 1 aliphatic heterocycles. The number of unbranched alkanes of at least 4 members (excludes halogenated alkanes) is 3. The summed E-state index contributed by atoms with van der Waals surface area (Å²) >= 11 is 0. The molecule has 0 N–H and O–H groups in total.